The van der Waals surface area contributed by atoms with E-state index < -0.39 is 23.1 Å². The van der Waals surface area contributed by atoms with E-state index in [9.17, 15) is 18.7 Å². The zero-order valence-corrected chi connectivity index (χ0v) is 12.6. The van der Waals surface area contributed by atoms with Crippen LogP contribution in [0.4, 0.5) is 8.78 Å². The van der Waals surface area contributed by atoms with Gasteiger partial charge < -0.3 is 10.4 Å². The minimum atomic E-state index is -1.66. The summed E-state index contributed by atoms with van der Waals surface area (Å²) in [5.74, 6) is -2.00. The molecule has 122 valence electrons. The third-order valence-corrected chi connectivity index (χ3v) is 4.13. The van der Waals surface area contributed by atoms with E-state index in [2.05, 4.69) is 15.5 Å². The number of aryl methyl sites for hydroxylation is 1. The lowest BCUT2D eigenvalue weighted by molar-refractivity contribution is 0.0493. The molecule has 1 unspecified atom stereocenters. The molecular formula is C16H17F2N3O2. The first kappa shape index (κ1) is 15.6. The molecule has 0 spiro atoms. The quantitative estimate of drug-likeness (QED) is 0.804. The number of nitrogens with zero attached hydrogens (tertiary/aromatic N) is 1. The van der Waals surface area contributed by atoms with Crippen LogP contribution in [0.5, 0.6) is 0 Å². The smallest absolute Gasteiger partial charge is 0.272 e. The Hall–Kier alpha value is -2.28. The van der Waals surface area contributed by atoms with Crippen LogP contribution in [-0.4, -0.2) is 27.8 Å². The van der Waals surface area contributed by atoms with E-state index in [1.807, 2.05) is 0 Å². The predicted octanol–water partition coefficient (Wildman–Crippen LogP) is 1.81. The molecule has 1 heterocycles. The van der Waals surface area contributed by atoms with Crippen molar-refractivity contribution >= 4 is 5.91 Å². The summed E-state index contributed by atoms with van der Waals surface area (Å²) in [6.45, 7) is 1.15. The molecule has 0 radical (unpaired) electrons. The number of hydrogen-bond acceptors (Lipinski definition) is 3. The van der Waals surface area contributed by atoms with E-state index in [1.54, 1.807) is 0 Å². The van der Waals surface area contributed by atoms with Crippen LogP contribution in [0.15, 0.2) is 18.2 Å². The fourth-order valence-electron chi connectivity index (χ4n) is 2.86. The van der Waals surface area contributed by atoms with Crippen molar-refractivity contribution in [1.29, 1.82) is 0 Å². The third-order valence-electron chi connectivity index (χ3n) is 4.13. The summed E-state index contributed by atoms with van der Waals surface area (Å²) in [7, 11) is 0. The summed E-state index contributed by atoms with van der Waals surface area (Å²) >= 11 is 0. The number of H-pyrrole nitrogens is 1. The minimum Gasteiger partial charge on any atom is -0.383 e. The van der Waals surface area contributed by atoms with E-state index in [1.165, 1.54) is 13.0 Å². The molecule has 5 nitrogen and oxygen atoms in total. The average molecular weight is 321 g/mol. The second-order valence-corrected chi connectivity index (χ2v) is 5.96. The lowest BCUT2D eigenvalue weighted by Crippen LogP contribution is -2.39. The van der Waals surface area contributed by atoms with Gasteiger partial charge in [0.15, 0.2) is 5.69 Å². The van der Waals surface area contributed by atoms with E-state index in [0.717, 1.165) is 36.6 Å². The molecule has 0 aliphatic heterocycles. The number of aliphatic hydroxyl groups is 1. The van der Waals surface area contributed by atoms with Crippen LogP contribution in [0.1, 0.15) is 40.7 Å². The highest BCUT2D eigenvalue weighted by Gasteiger charge is 2.29. The summed E-state index contributed by atoms with van der Waals surface area (Å²) in [4.78, 5) is 12.2. The van der Waals surface area contributed by atoms with Crippen molar-refractivity contribution in [2.75, 3.05) is 6.54 Å². The van der Waals surface area contributed by atoms with E-state index in [-0.39, 0.29) is 12.1 Å². The number of nitrogens with one attached hydrogen (secondary N) is 2. The summed E-state index contributed by atoms with van der Waals surface area (Å²) < 4.78 is 26.8. The Bertz CT molecular complexity index is 756. The molecule has 1 aliphatic carbocycles. The number of amides is 1. The Labute approximate surface area is 131 Å². The highest BCUT2D eigenvalue weighted by Crippen LogP contribution is 2.25. The Kier molecular flexibility index (Phi) is 3.89. The van der Waals surface area contributed by atoms with Crippen LogP contribution in [0.3, 0.4) is 0 Å². The third kappa shape index (κ3) is 2.96. The number of halogens is 2. The van der Waals surface area contributed by atoms with Crippen molar-refractivity contribution in [2.24, 2.45) is 0 Å². The predicted molar refractivity (Wildman–Crippen MR) is 78.9 cm³/mol. The number of aromatic amines is 1. The van der Waals surface area contributed by atoms with Gasteiger partial charge in [-0.05, 0) is 32.3 Å². The highest BCUT2D eigenvalue weighted by molar-refractivity contribution is 5.94. The van der Waals surface area contributed by atoms with Gasteiger partial charge in [0.2, 0.25) is 0 Å². The van der Waals surface area contributed by atoms with Crippen LogP contribution >= 0.6 is 0 Å². The molecule has 1 aromatic heterocycles. The molecule has 0 saturated heterocycles. The van der Waals surface area contributed by atoms with E-state index in [4.69, 9.17) is 0 Å². The van der Waals surface area contributed by atoms with Gasteiger partial charge in [-0.2, -0.15) is 5.10 Å². The monoisotopic (exact) mass is 321 g/mol. The van der Waals surface area contributed by atoms with Crippen LogP contribution in [-0.2, 0) is 18.4 Å². The van der Waals surface area contributed by atoms with Gasteiger partial charge in [-0.1, -0.05) is 6.07 Å². The van der Waals surface area contributed by atoms with Crippen molar-refractivity contribution in [3.63, 3.8) is 0 Å². The molecule has 0 bridgehead atoms. The number of benzene rings is 1. The first-order chi connectivity index (χ1) is 10.9. The summed E-state index contributed by atoms with van der Waals surface area (Å²) in [6, 6.07) is 2.94. The normalized spacial score (nSPS) is 16.0. The van der Waals surface area contributed by atoms with Crippen molar-refractivity contribution in [3.8, 4) is 0 Å². The molecular weight excluding hydrogens is 304 g/mol. The molecule has 7 heteroatoms. The topological polar surface area (TPSA) is 78.0 Å². The SMILES string of the molecule is CC(O)(CNC(=O)c1n[nH]c2c1CCC2)c1ccc(F)cc1F. The maximum absolute atomic E-state index is 13.8. The molecule has 0 fully saturated rings. The van der Waals surface area contributed by atoms with Crippen molar-refractivity contribution < 1.29 is 18.7 Å². The summed E-state index contributed by atoms with van der Waals surface area (Å²) in [5, 5.41) is 19.8. The van der Waals surface area contributed by atoms with Crippen LogP contribution < -0.4 is 5.32 Å². The maximum atomic E-state index is 13.8. The number of fused-ring (bicyclic) bond motifs is 1. The average Bonchev–Trinajstić information content (AvgIpc) is 3.07. The molecule has 1 aliphatic rings. The zero-order valence-electron chi connectivity index (χ0n) is 12.6. The number of carbonyl (C=O) groups excluding carboxylic acids is 1. The largest absolute Gasteiger partial charge is 0.383 e. The Balaban J connectivity index is 1.72. The van der Waals surface area contributed by atoms with Gasteiger partial charge in [-0.3, -0.25) is 9.89 Å². The number of rotatable bonds is 4. The molecule has 1 aromatic carbocycles. The van der Waals surface area contributed by atoms with E-state index >= 15 is 0 Å². The highest BCUT2D eigenvalue weighted by atomic mass is 19.1. The Morgan fingerprint density at radius 2 is 2.22 bits per heavy atom. The summed E-state index contributed by atoms with van der Waals surface area (Å²) in [5.41, 5.74) is 0.438. The Morgan fingerprint density at radius 3 is 2.96 bits per heavy atom. The fraction of sp³-hybridized carbons (Fsp3) is 0.375. The molecule has 1 amide bonds. The van der Waals surface area contributed by atoms with Crippen LogP contribution in [0.2, 0.25) is 0 Å². The van der Waals surface area contributed by atoms with Crippen molar-refractivity contribution in [3.05, 3.63) is 52.3 Å². The lowest BCUT2D eigenvalue weighted by atomic mass is 9.95. The standard InChI is InChI=1S/C16H17F2N3O2/c1-16(23,11-6-5-9(17)7-12(11)18)8-19-15(22)14-10-3-2-4-13(10)20-21-14/h5-7,23H,2-4,8H2,1H3,(H,19,22)(H,20,21). The van der Waals surface area contributed by atoms with Crippen molar-refractivity contribution in [1.82, 2.24) is 15.5 Å². The molecule has 3 N–H and O–H groups in total. The number of aromatic nitrogens is 2. The van der Waals surface area contributed by atoms with Crippen LogP contribution in [0, 0.1) is 11.6 Å². The molecule has 2 aromatic rings. The lowest BCUT2D eigenvalue weighted by Gasteiger charge is -2.24. The number of hydrogen-bond donors (Lipinski definition) is 3. The summed E-state index contributed by atoms with van der Waals surface area (Å²) in [6.07, 6.45) is 2.63. The molecule has 1 atom stereocenters. The van der Waals surface area contributed by atoms with Gasteiger partial charge in [0.05, 0.1) is 6.54 Å². The minimum absolute atomic E-state index is 0.0774. The maximum Gasteiger partial charge on any atom is 0.272 e. The van der Waals surface area contributed by atoms with Crippen molar-refractivity contribution in [2.45, 2.75) is 31.8 Å². The van der Waals surface area contributed by atoms with Crippen LogP contribution in [0.25, 0.3) is 0 Å². The van der Waals surface area contributed by atoms with Gasteiger partial charge >= 0.3 is 0 Å². The van der Waals surface area contributed by atoms with Gasteiger partial charge in [-0.25, -0.2) is 8.78 Å². The van der Waals surface area contributed by atoms with E-state index in [0.29, 0.717) is 11.8 Å². The molecule has 3 rings (SSSR count). The Morgan fingerprint density at radius 1 is 1.43 bits per heavy atom. The second kappa shape index (κ2) is 5.73. The van der Waals surface area contributed by atoms with Gasteiger partial charge in [-0.15, -0.1) is 0 Å². The fourth-order valence-corrected chi connectivity index (χ4v) is 2.86. The number of carbonyl (C=O) groups is 1. The second-order valence-electron chi connectivity index (χ2n) is 5.96. The first-order valence-electron chi connectivity index (χ1n) is 7.41. The zero-order chi connectivity index (χ0) is 16.6. The first-order valence-corrected chi connectivity index (χ1v) is 7.41. The van der Waals surface area contributed by atoms with Gasteiger partial charge in [0, 0.05) is 22.9 Å². The van der Waals surface area contributed by atoms with Gasteiger partial charge in [0.25, 0.3) is 5.91 Å². The van der Waals surface area contributed by atoms with Gasteiger partial charge in [0.1, 0.15) is 17.2 Å². The molecule has 23 heavy (non-hydrogen) atoms. The molecule has 0 saturated carbocycles.